The minimum Gasteiger partial charge on any atom is -0.348 e. The number of hydrogen-bond acceptors (Lipinski definition) is 4. The number of para-hydroxylation sites is 1. The molecular weight excluding hydrogens is 286 g/mol. The number of fused-ring (bicyclic) bond motifs is 1. The molecule has 0 saturated heterocycles. The smallest absolute Gasteiger partial charge is 0.241 e. The van der Waals surface area contributed by atoms with Crippen LogP contribution in [0.25, 0.3) is 0 Å². The summed E-state index contributed by atoms with van der Waals surface area (Å²) in [6.45, 7) is 1.22. The maximum atomic E-state index is 12.5. The lowest BCUT2D eigenvalue weighted by Gasteiger charge is -2.30. The fourth-order valence-electron chi connectivity index (χ4n) is 2.17. The Bertz CT molecular complexity index is 533. The summed E-state index contributed by atoms with van der Waals surface area (Å²) in [6, 6.07) is 7.95. The van der Waals surface area contributed by atoms with Gasteiger partial charge in [-0.3, -0.25) is 14.5 Å². The number of nitrogens with zero attached hydrogens (tertiary/aromatic N) is 3. The van der Waals surface area contributed by atoms with Crippen molar-refractivity contribution in [2.75, 3.05) is 51.4 Å². The number of amides is 2. The molecule has 2 amide bonds. The molecule has 0 bridgehead atoms. The average molecular weight is 307 g/mol. The van der Waals surface area contributed by atoms with Crippen molar-refractivity contribution in [1.82, 2.24) is 9.80 Å². The number of carbonyl (C=O) groups excluding carboxylic acids is 2. The van der Waals surface area contributed by atoms with Crippen molar-refractivity contribution in [3.8, 4) is 0 Å². The van der Waals surface area contributed by atoms with Gasteiger partial charge in [-0.1, -0.05) is 12.1 Å². The van der Waals surface area contributed by atoms with E-state index in [2.05, 4.69) is 0 Å². The lowest BCUT2D eigenvalue weighted by Crippen LogP contribution is -2.44. The van der Waals surface area contributed by atoms with Gasteiger partial charge in [0.25, 0.3) is 0 Å². The van der Waals surface area contributed by atoms with Gasteiger partial charge in [-0.05, 0) is 19.2 Å². The second kappa shape index (κ2) is 6.95. The van der Waals surface area contributed by atoms with Crippen LogP contribution >= 0.6 is 11.8 Å². The van der Waals surface area contributed by atoms with Crippen LogP contribution in [-0.2, 0) is 9.59 Å². The van der Waals surface area contributed by atoms with E-state index < -0.39 is 0 Å². The lowest BCUT2D eigenvalue weighted by molar-refractivity contribution is -0.130. The Morgan fingerprint density at radius 1 is 1.19 bits per heavy atom. The molecule has 1 aliphatic rings. The van der Waals surface area contributed by atoms with Crippen LogP contribution in [0.3, 0.4) is 0 Å². The van der Waals surface area contributed by atoms with E-state index in [4.69, 9.17) is 0 Å². The number of rotatable bonds is 4. The third-order valence-electron chi connectivity index (χ3n) is 3.34. The summed E-state index contributed by atoms with van der Waals surface area (Å²) in [6.07, 6.45) is 0. The molecule has 6 heteroatoms. The summed E-state index contributed by atoms with van der Waals surface area (Å²) in [5.74, 6) is 0.944. The highest BCUT2D eigenvalue weighted by molar-refractivity contribution is 7.99. The Labute approximate surface area is 129 Å². The van der Waals surface area contributed by atoms with Crippen LogP contribution in [-0.4, -0.2) is 68.1 Å². The van der Waals surface area contributed by atoms with Crippen LogP contribution in [0.15, 0.2) is 29.2 Å². The van der Waals surface area contributed by atoms with Crippen molar-refractivity contribution in [2.24, 2.45) is 0 Å². The van der Waals surface area contributed by atoms with Gasteiger partial charge in [0.05, 0.1) is 18.8 Å². The molecule has 0 radical (unpaired) electrons. The van der Waals surface area contributed by atoms with Crippen molar-refractivity contribution < 1.29 is 9.59 Å². The van der Waals surface area contributed by atoms with Crippen LogP contribution in [0.1, 0.15) is 0 Å². The molecule has 0 fully saturated rings. The van der Waals surface area contributed by atoms with E-state index in [0.29, 0.717) is 0 Å². The molecule has 0 aliphatic carbocycles. The molecule has 5 nitrogen and oxygen atoms in total. The molecule has 0 saturated carbocycles. The van der Waals surface area contributed by atoms with Gasteiger partial charge in [-0.15, -0.1) is 11.8 Å². The van der Waals surface area contributed by atoms with Crippen LogP contribution in [0.4, 0.5) is 5.69 Å². The van der Waals surface area contributed by atoms with Crippen molar-refractivity contribution in [1.29, 1.82) is 0 Å². The molecule has 0 spiro atoms. The Kier molecular flexibility index (Phi) is 5.25. The van der Waals surface area contributed by atoms with Crippen molar-refractivity contribution in [3.63, 3.8) is 0 Å². The second-order valence-electron chi connectivity index (χ2n) is 5.32. The second-order valence-corrected chi connectivity index (χ2v) is 6.46. The zero-order chi connectivity index (χ0) is 15.4. The zero-order valence-electron chi connectivity index (χ0n) is 12.7. The first-order valence-corrected chi connectivity index (χ1v) is 7.88. The van der Waals surface area contributed by atoms with E-state index in [-0.39, 0.29) is 24.9 Å². The molecule has 1 aromatic carbocycles. The summed E-state index contributed by atoms with van der Waals surface area (Å²) in [4.78, 5) is 30.4. The first-order chi connectivity index (χ1) is 9.99. The average Bonchev–Trinajstić information content (AvgIpc) is 2.46. The van der Waals surface area contributed by atoms with Crippen LogP contribution in [0.5, 0.6) is 0 Å². The van der Waals surface area contributed by atoms with Gasteiger partial charge in [-0.2, -0.15) is 0 Å². The van der Waals surface area contributed by atoms with Crippen molar-refractivity contribution >= 4 is 29.3 Å². The summed E-state index contributed by atoms with van der Waals surface area (Å²) >= 11 is 1.78. The van der Waals surface area contributed by atoms with E-state index in [1.54, 1.807) is 37.8 Å². The number of benzene rings is 1. The predicted octanol–water partition coefficient (Wildman–Crippen LogP) is 1.15. The molecule has 1 heterocycles. The predicted molar refractivity (Wildman–Crippen MR) is 85.7 cm³/mol. The van der Waals surface area contributed by atoms with Crippen LogP contribution < -0.4 is 4.90 Å². The Balaban J connectivity index is 2.00. The summed E-state index contributed by atoms with van der Waals surface area (Å²) in [5, 5.41) is 0. The Morgan fingerprint density at radius 3 is 2.62 bits per heavy atom. The molecule has 21 heavy (non-hydrogen) atoms. The fraction of sp³-hybridized carbons (Fsp3) is 0.467. The monoisotopic (exact) mass is 307 g/mol. The first-order valence-electron chi connectivity index (χ1n) is 6.90. The molecule has 1 aromatic rings. The summed E-state index contributed by atoms with van der Waals surface area (Å²) in [5.41, 5.74) is 0.978. The molecule has 2 rings (SSSR count). The van der Waals surface area contributed by atoms with E-state index >= 15 is 0 Å². The quantitative estimate of drug-likeness (QED) is 0.837. The normalized spacial score (nSPS) is 14.0. The van der Waals surface area contributed by atoms with Gasteiger partial charge < -0.3 is 9.80 Å². The number of carbonyl (C=O) groups is 2. The van der Waals surface area contributed by atoms with Crippen molar-refractivity contribution in [3.05, 3.63) is 24.3 Å². The van der Waals surface area contributed by atoms with E-state index in [1.165, 1.54) is 4.90 Å². The number of thioether (sulfide) groups is 1. The van der Waals surface area contributed by atoms with Gasteiger partial charge in [0.2, 0.25) is 11.8 Å². The van der Waals surface area contributed by atoms with E-state index in [9.17, 15) is 9.59 Å². The first kappa shape index (κ1) is 15.9. The van der Waals surface area contributed by atoms with Gasteiger partial charge >= 0.3 is 0 Å². The standard InChI is InChI=1S/C15H21N3O2S/c1-16(2)14(19)10-17(3)11-15(20)18-8-9-21-13-7-5-4-6-12(13)18/h4-7H,8-11H2,1-3H3. The fourth-order valence-corrected chi connectivity index (χ4v) is 3.17. The summed E-state index contributed by atoms with van der Waals surface area (Å²) < 4.78 is 0. The molecule has 0 N–H and O–H groups in total. The van der Waals surface area contributed by atoms with Gasteiger partial charge in [0.1, 0.15) is 0 Å². The minimum absolute atomic E-state index is 0.0000927. The Hall–Kier alpha value is -1.53. The maximum absolute atomic E-state index is 12.5. The van der Waals surface area contributed by atoms with Gasteiger partial charge in [0.15, 0.2) is 0 Å². The number of likely N-dealkylation sites (N-methyl/N-ethyl adjacent to an activating group) is 2. The maximum Gasteiger partial charge on any atom is 0.241 e. The van der Waals surface area contributed by atoms with Crippen LogP contribution in [0.2, 0.25) is 0 Å². The van der Waals surface area contributed by atoms with Gasteiger partial charge in [0, 0.05) is 31.3 Å². The highest BCUT2D eigenvalue weighted by atomic mass is 32.2. The molecular formula is C15H21N3O2S. The molecule has 114 valence electrons. The number of hydrogen-bond donors (Lipinski definition) is 0. The largest absolute Gasteiger partial charge is 0.348 e. The van der Waals surface area contributed by atoms with Gasteiger partial charge in [-0.25, -0.2) is 0 Å². The topological polar surface area (TPSA) is 43.9 Å². The van der Waals surface area contributed by atoms with Crippen LogP contribution in [0, 0.1) is 0 Å². The molecule has 1 aliphatic heterocycles. The lowest BCUT2D eigenvalue weighted by atomic mass is 10.2. The highest BCUT2D eigenvalue weighted by Crippen LogP contribution is 2.34. The molecule has 0 unspecified atom stereocenters. The van der Waals surface area contributed by atoms with E-state index in [1.807, 2.05) is 29.2 Å². The third-order valence-corrected chi connectivity index (χ3v) is 4.38. The Morgan fingerprint density at radius 2 is 1.90 bits per heavy atom. The molecule has 0 aromatic heterocycles. The highest BCUT2D eigenvalue weighted by Gasteiger charge is 2.23. The third kappa shape index (κ3) is 3.98. The number of anilines is 1. The summed E-state index contributed by atoms with van der Waals surface area (Å²) in [7, 11) is 5.23. The van der Waals surface area contributed by atoms with E-state index in [0.717, 1.165) is 22.9 Å². The molecule has 0 atom stereocenters. The minimum atomic E-state index is -0.0000927. The van der Waals surface area contributed by atoms with Crippen molar-refractivity contribution in [2.45, 2.75) is 4.90 Å². The zero-order valence-corrected chi connectivity index (χ0v) is 13.5. The SMILES string of the molecule is CN(CC(=O)N(C)C)CC(=O)N1CCSc2ccccc21.